The highest BCUT2D eigenvalue weighted by molar-refractivity contribution is 5.88. The molecule has 0 saturated heterocycles. The van der Waals surface area contributed by atoms with Crippen LogP contribution < -0.4 is 0 Å². The minimum Gasteiger partial charge on any atom is -0.478 e. The lowest BCUT2D eigenvalue weighted by Crippen LogP contribution is -2.55. The zero-order valence-electron chi connectivity index (χ0n) is 18.8. The van der Waals surface area contributed by atoms with Gasteiger partial charge in [0.25, 0.3) is 0 Å². The largest absolute Gasteiger partial charge is 0.478 e. The van der Waals surface area contributed by atoms with Crippen LogP contribution in [0.25, 0.3) is 6.08 Å². The Morgan fingerprint density at radius 2 is 2.07 bits per heavy atom. The topological polar surface area (TPSA) is 57.5 Å². The van der Waals surface area contributed by atoms with Crippen LogP contribution >= 0.6 is 0 Å². The molecule has 0 aliphatic heterocycles. The number of benzene rings is 1. The van der Waals surface area contributed by atoms with Crippen LogP contribution in [0.3, 0.4) is 0 Å². The van der Waals surface area contributed by atoms with Crippen LogP contribution in [0.5, 0.6) is 0 Å². The number of rotatable bonds is 10. The fourth-order valence-electron chi connectivity index (χ4n) is 5.65. The molecule has 0 radical (unpaired) electrons. The van der Waals surface area contributed by atoms with Crippen LogP contribution in [0, 0.1) is 29.1 Å². The summed E-state index contributed by atoms with van der Waals surface area (Å²) in [6.07, 6.45) is 16.2. The molecule has 2 bridgehead atoms. The summed E-state index contributed by atoms with van der Waals surface area (Å²) in [4.78, 5) is 11.2. The van der Waals surface area contributed by atoms with Gasteiger partial charge in [0.15, 0.2) is 0 Å². The Balaban J connectivity index is 1.65. The van der Waals surface area contributed by atoms with Crippen LogP contribution in [0.1, 0.15) is 81.6 Å². The molecule has 3 heteroatoms. The predicted octanol–water partition coefficient (Wildman–Crippen LogP) is 6.58. The van der Waals surface area contributed by atoms with Crippen molar-refractivity contribution >= 4 is 12.0 Å². The Kier molecular flexibility index (Phi) is 7.57. The number of fused-ring (bicyclic) bond motifs is 2. The normalized spacial score (nSPS) is 28.5. The van der Waals surface area contributed by atoms with E-state index in [9.17, 15) is 15.0 Å². The van der Waals surface area contributed by atoms with Gasteiger partial charge in [0.1, 0.15) is 0 Å². The van der Waals surface area contributed by atoms with Crippen molar-refractivity contribution in [2.24, 2.45) is 29.1 Å². The third-order valence-electron chi connectivity index (χ3n) is 7.71. The van der Waals surface area contributed by atoms with Crippen molar-refractivity contribution in [2.75, 3.05) is 0 Å². The average Bonchev–Trinajstić information content (AvgIpc) is 2.72. The molecule has 2 unspecified atom stereocenters. The van der Waals surface area contributed by atoms with E-state index >= 15 is 0 Å². The van der Waals surface area contributed by atoms with E-state index in [1.54, 1.807) is 18.2 Å². The molecule has 0 spiro atoms. The molecule has 2 N–H and O–H groups in total. The van der Waals surface area contributed by atoms with E-state index in [1.165, 1.54) is 25.7 Å². The molecule has 3 nitrogen and oxygen atoms in total. The molecule has 164 valence electrons. The number of aliphatic hydroxyl groups is 1. The molecule has 3 saturated carbocycles. The number of allylic oxidation sites excluding steroid dienone is 2. The molecule has 0 aromatic heterocycles. The van der Waals surface area contributed by atoms with E-state index in [1.807, 2.05) is 12.1 Å². The van der Waals surface area contributed by atoms with Gasteiger partial charge in [0.2, 0.25) is 0 Å². The second-order valence-corrected chi connectivity index (χ2v) is 9.94. The Hall–Kier alpha value is -1.87. The number of carboxylic acid groups (broad SMARTS) is 1. The highest BCUT2D eigenvalue weighted by Crippen LogP contribution is 2.64. The van der Waals surface area contributed by atoms with Crippen molar-refractivity contribution in [1.29, 1.82) is 0 Å². The van der Waals surface area contributed by atoms with Gasteiger partial charge in [0, 0.05) is 0 Å². The molecule has 3 aliphatic carbocycles. The van der Waals surface area contributed by atoms with Crippen molar-refractivity contribution in [3.05, 3.63) is 53.6 Å². The highest BCUT2D eigenvalue weighted by atomic mass is 16.4. The summed E-state index contributed by atoms with van der Waals surface area (Å²) in [6, 6.07) is 7.11. The molecule has 4 rings (SSSR count). The number of aromatic carboxylic acids is 1. The van der Waals surface area contributed by atoms with Crippen LogP contribution in [0.2, 0.25) is 0 Å². The van der Waals surface area contributed by atoms with Crippen LogP contribution in [0.4, 0.5) is 0 Å². The highest BCUT2D eigenvalue weighted by Gasteiger charge is 2.56. The lowest BCUT2D eigenvalue weighted by Gasteiger charge is -2.62. The van der Waals surface area contributed by atoms with Gasteiger partial charge in [-0.2, -0.15) is 0 Å². The van der Waals surface area contributed by atoms with Gasteiger partial charge < -0.3 is 10.2 Å². The van der Waals surface area contributed by atoms with Crippen molar-refractivity contribution < 1.29 is 15.0 Å². The van der Waals surface area contributed by atoms with Crippen molar-refractivity contribution in [3.8, 4) is 0 Å². The maximum atomic E-state index is 11.2. The summed E-state index contributed by atoms with van der Waals surface area (Å²) >= 11 is 0. The van der Waals surface area contributed by atoms with Crippen molar-refractivity contribution in [3.63, 3.8) is 0 Å². The quantitative estimate of drug-likeness (QED) is 0.338. The van der Waals surface area contributed by atoms with Crippen LogP contribution in [0.15, 0.2) is 42.5 Å². The van der Waals surface area contributed by atoms with Crippen LogP contribution in [-0.2, 0) is 0 Å². The smallest absolute Gasteiger partial charge is 0.335 e. The molecule has 0 amide bonds. The molecule has 0 heterocycles. The van der Waals surface area contributed by atoms with Gasteiger partial charge in [-0.3, -0.25) is 0 Å². The lowest BCUT2D eigenvalue weighted by molar-refractivity contribution is -0.123. The summed E-state index contributed by atoms with van der Waals surface area (Å²) < 4.78 is 0. The van der Waals surface area contributed by atoms with Gasteiger partial charge >= 0.3 is 5.97 Å². The number of aliphatic hydroxyl groups excluding tert-OH is 1. The molecule has 3 fully saturated rings. The van der Waals surface area contributed by atoms with Gasteiger partial charge in [-0.1, -0.05) is 76.5 Å². The standard InChI is InChI=1S/C27H38O3/c1-4-5-6-12-23(28)15-14-20-17-22-18-25(27(22,2)3)24(20)13-8-10-19-9-7-11-21(16-19)26(29)30/h7-11,14-16,20,22-25,28H,4-6,12-13,17-18H2,1-3H3,(H,29,30)/t20?,22-,23-,24+,25?/m0/s1. The molecule has 3 aliphatic rings. The molecular weight excluding hydrogens is 372 g/mol. The van der Waals surface area contributed by atoms with Crippen LogP contribution in [-0.4, -0.2) is 22.3 Å². The van der Waals surface area contributed by atoms with Crippen molar-refractivity contribution in [2.45, 2.75) is 71.8 Å². The average molecular weight is 411 g/mol. The molecule has 30 heavy (non-hydrogen) atoms. The van der Waals surface area contributed by atoms with E-state index in [-0.39, 0.29) is 6.10 Å². The first-order chi connectivity index (χ1) is 14.3. The van der Waals surface area contributed by atoms with Gasteiger partial charge in [-0.15, -0.1) is 0 Å². The Morgan fingerprint density at radius 3 is 2.77 bits per heavy atom. The van der Waals surface area contributed by atoms with E-state index < -0.39 is 5.97 Å². The summed E-state index contributed by atoms with van der Waals surface area (Å²) in [5.74, 6) is 1.74. The summed E-state index contributed by atoms with van der Waals surface area (Å²) in [6.45, 7) is 7.02. The third kappa shape index (κ3) is 5.24. The number of unbranched alkanes of at least 4 members (excludes halogenated alkanes) is 2. The fraction of sp³-hybridized carbons (Fsp3) is 0.593. The first-order valence-corrected chi connectivity index (χ1v) is 11.7. The first kappa shape index (κ1) is 22.8. The number of carboxylic acids is 1. The Bertz CT molecular complexity index is 776. The summed E-state index contributed by atoms with van der Waals surface area (Å²) in [5.41, 5.74) is 1.68. The molecule has 1 aromatic rings. The Morgan fingerprint density at radius 1 is 1.27 bits per heavy atom. The first-order valence-electron chi connectivity index (χ1n) is 11.7. The van der Waals surface area contributed by atoms with E-state index in [0.29, 0.717) is 22.8 Å². The van der Waals surface area contributed by atoms with Gasteiger partial charge in [-0.05, 0) is 72.5 Å². The Labute approximate surface area is 181 Å². The summed E-state index contributed by atoms with van der Waals surface area (Å²) in [7, 11) is 0. The maximum absolute atomic E-state index is 11.2. The number of carbonyl (C=O) groups is 1. The minimum atomic E-state index is -0.887. The molecule has 1 aromatic carbocycles. The van der Waals surface area contributed by atoms with E-state index in [2.05, 4.69) is 39.0 Å². The van der Waals surface area contributed by atoms with E-state index in [0.717, 1.165) is 36.7 Å². The maximum Gasteiger partial charge on any atom is 0.335 e. The number of hydrogen-bond donors (Lipinski definition) is 2. The lowest BCUT2D eigenvalue weighted by atomic mass is 9.43. The SMILES string of the molecule is CCCCC[C@H](O)C=CC1C[C@H]2CC([C@@H]1CC=Cc1cccc(C(=O)O)c1)C2(C)C. The predicted molar refractivity (Wildman–Crippen MR) is 123 cm³/mol. The monoisotopic (exact) mass is 410 g/mol. The number of hydrogen-bond acceptors (Lipinski definition) is 2. The molecule has 5 atom stereocenters. The van der Waals surface area contributed by atoms with Gasteiger partial charge in [0.05, 0.1) is 11.7 Å². The minimum absolute atomic E-state index is 0.322. The second-order valence-electron chi connectivity index (χ2n) is 9.94. The zero-order valence-corrected chi connectivity index (χ0v) is 18.8. The molecular formula is C27H38O3. The zero-order chi connectivity index (χ0) is 21.7. The third-order valence-corrected chi connectivity index (χ3v) is 7.71. The second kappa shape index (κ2) is 9.96. The van der Waals surface area contributed by atoms with Gasteiger partial charge in [-0.25, -0.2) is 4.79 Å². The van der Waals surface area contributed by atoms with Crippen molar-refractivity contribution in [1.82, 2.24) is 0 Å². The van der Waals surface area contributed by atoms with E-state index in [4.69, 9.17) is 0 Å². The summed E-state index contributed by atoms with van der Waals surface area (Å²) in [5, 5.41) is 19.5. The fourth-order valence-corrected chi connectivity index (χ4v) is 5.65.